The van der Waals surface area contributed by atoms with Crippen molar-refractivity contribution in [1.29, 1.82) is 0 Å². The maximum atomic E-state index is 13.1. The van der Waals surface area contributed by atoms with Gasteiger partial charge >= 0.3 is 6.03 Å². The quantitative estimate of drug-likeness (QED) is 0.208. The Morgan fingerprint density at radius 1 is 0.973 bits per heavy atom. The van der Waals surface area contributed by atoms with Gasteiger partial charge in [-0.25, -0.2) is 4.79 Å². The van der Waals surface area contributed by atoms with E-state index in [0.29, 0.717) is 24.5 Å². The highest BCUT2D eigenvalue weighted by atomic mass is 16.5. The third-order valence-electron chi connectivity index (χ3n) is 6.07. The monoisotopic (exact) mass is 499 g/mol. The molecule has 0 spiro atoms. The number of furan rings is 1. The van der Waals surface area contributed by atoms with E-state index in [-0.39, 0.29) is 12.1 Å². The summed E-state index contributed by atoms with van der Waals surface area (Å²) in [5, 5.41) is 3.14. The van der Waals surface area contributed by atoms with E-state index in [0.717, 1.165) is 33.7 Å². The number of barbiturate groups is 1. The number of carbonyl (C=O) groups excluding carboxylic acids is 3. The van der Waals surface area contributed by atoms with Crippen molar-refractivity contribution in [2.75, 3.05) is 13.7 Å². The van der Waals surface area contributed by atoms with E-state index in [2.05, 4.69) is 9.88 Å². The Morgan fingerprint density at radius 2 is 1.76 bits per heavy atom. The van der Waals surface area contributed by atoms with Crippen molar-refractivity contribution in [1.82, 2.24) is 14.8 Å². The van der Waals surface area contributed by atoms with Gasteiger partial charge in [0.25, 0.3) is 11.8 Å². The summed E-state index contributed by atoms with van der Waals surface area (Å²) in [5.41, 5.74) is 1.56. The van der Waals surface area contributed by atoms with Crippen molar-refractivity contribution < 1.29 is 28.3 Å². The Morgan fingerprint density at radius 3 is 2.51 bits per heavy atom. The molecule has 1 aliphatic heterocycles. The normalized spacial score (nSPS) is 14.9. The molecular weight excluding hydrogens is 474 g/mol. The number of ether oxygens (including phenoxy) is 2. The second-order valence-corrected chi connectivity index (χ2v) is 8.46. The maximum absolute atomic E-state index is 13.1. The van der Waals surface area contributed by atoms with E-state index in [1.807, 2.05) is 54.7 Å². The van der Waals surface area contributed by atoms with E-state index in [1.54, 1.807) is 19.2 Å². The van der Waals surface area contributed by atoms with Gasteiger partial charge < -0.3 is 18.5 Å². The van der Waals surface area contributed by atoms with Crippen LogP contribution < -0.4 is 14.8 Å². The smallest absolute Gasteiger partial charge is 0.331 e. The third kappa shape index (κ3) is 5.11. The average Bonchev–Trinajstić information content (AvgIpc) is 3.55. The lowest BCUT2D eigenvalue weighted by Gasteiger charge is -2.25. The van der Waals surface area contributed by atoms with Crippen LogP contribution in [0.1, 0.15) is 17.7 Å². The molecule has 188 valence electrons. The van der Waals surface area contributed by atoms with Gasteiger partial charge in [0, 0.05) is 29.2 Å². The van der Waals surface area contributed by atoms with E-state index in [9.17, 15) is 14.4 Å². The summed E-state index contributed by atoms with van der Waals surface area (Å²) in [4.78, 5) is 39.0. The van der Waals surface area contributed by atoms with Crippen molar-refractivity contribution >= 4 is 34.8 Å². The Balaban J connectivity index is 1.34. The van der Waals surface area contributed by atoms with Crippen LogP contribution in [0.2, 0.25) is 0 Å². The van der Waals surface area contributed by atoms with Gasteiger partial charge in [-0.05, 0) is 55.0 Å². The number of fused-ring (bicyclic) bond motifs is 1. The number of aryl methyl sites for hydroxylation is 1. The SMILES string of the molecule is COc1ccc(OCCCn2cc(C=C3C(=O)NC(=O)N(Cc4ccco4)C3=O)c3ccccc32)cc1. The first-order chi connectivity index (χ1) is 18.0. The molecule has 37 heavy (non-hydrogen) atoms. The summed E-state index contributed by atoms with van der Waals surface area (Å²) < 4.78 is 18.3. The van der Waals surface area contributed by atoms with Gasteiger partial charge in [0.15, 0.2) is 0 Å². The molecule has 2 aromatic carbocycles. The zero-order valence-electron chi connectivity index (χ0n) is 20.2. The first-order valence-corrected chi connectivity index (χ1v) is 11.8. The number of methoxy groups -OCH3 is 1. The van der Waals surface area contributed by atoms with Gasteiger partial charge in [-0.15, -0.1) is 0 Å². The molecule has 4 amide bonds. The molecule has 2 aromatic heterocycles. The molecule has 9 nitrogen and oxygen atoms in total. The first-order valence-electron chi connectivity index (χ1n) is 11.8. The number of amides is 4. The lowest BCUT2D eigenvalue weighted by molar-refractivity contribution is -0.130. The summed E-state index contributed by atoms with van der Waals surface area (Å²) in [5.74, 6) is 0.571. The van der Waals surface area contributed by atoms with Gasteiger partial charge in [-0.3, -0.25) is 19.8 Å². The minimum absolute atomic E-state index is 0.0712. The standard InChI is InChI=1S/C28H25N3O6/c1-35-20-9-11-21(12-10-20)36-15-5-13-30-17-19(23-7-2-3-8-25(23)30)16-24-26(32)29-28(34)31(27(24)33)18-22-6-4-14-37-22/h2-4,6-12,14,16-17H,5,13,15,18H2,1H3,(H,29,32,34). The van der Waals surface area contributed by atoms with Crippen molar-refractivity contribution in [3.8, 4) is 11.5 Å². The van der Waals surface area contributed by atoms with Crippen molar-refractivity contribution in [3.63, 3.8) is 0 Å². The number of hydrogen-bond acceptors (Lipinski definition) is 6. The molecule has 0 saturated carbocycles. The highest BCUT2D eigenvalue weighted by molar-refractivity contribution is 6.31. The molecule has 1 fully saturated rings. The molecule has 1 saturated heterocycles. The second-order valence-electron chi connectivity index (χ2n) is 8.46. The van der Waals surface area contributed by atoms with Crippen LogP contribution in [-0.2, 0) is 22.7 Å². The topological polar surface area (TPSA) is 103 Å². The second kappa shape index (κ2) is 10.4. The van der Waals surface area contributed by atoms with E-state index in [4.69, 9.17) is 13.9 Å². The van der Waals surface area contributed by atoms with E-state index >= 15 is 0 Å². The number of benzene rings is 2. The summed E-state index contributed by atoms with van der Waals surface area (Å²) in [6.45, 7) is 1.11. The highest BCUT2D eigenvalue weighted by Crippen LogP contribution is 2.26. The summed E-state index contributed by atoms with van der Waals surface area (Å²) in [7, 11) is 1.62. The van der Waals surface area contributed by atoms with Crippen LogP contribution in [0.15, 0.2) is 83.1 Å². The Labute approximate surface area is 212 Å². The average molecular weight is 500 g/mol. The van der Waals surface area contributed by atoms with Gasteiger partial charge in [0.05, 0.1) is 26.5 Å². The van der Waals surface area contributed by atoms with Crippen LogP contribution in [0.3, 0.4) is 0 Å². The zero-order valence-corrected chi connectivity index (χ0v) is 20.2. The Bertz CT molecular complexity index is 1470. The summed E-state index contributed by atoms with van der Waals surface area (Å²) in [6.07, 6.45) is 5.64. The van der Waals surface area contributed by atoms with Crippen molar-refractivity contribution in [2.45, 2.75) is 19.5 Å². The lowest BCUT2D eigenvalue weighted by Crippen LogP contribution is -2.53. The predicted octanol–water partition coefficient (Wildman–Crippen LogP) is 4.37. The van der Waals surface area contributed by atoms with Crippen LogP contribution in [-0.4, -0.2) is 41.0 Å². The molecule has 0 radical (unpaired) electrons. The molecular formula is C28H25N3O6. The fraction of sp³-hybridized carbons (Fsp3) is 0.179. The molecule has 4 aromatic rings. The summed E-state index contributed by atoms with van der Waals surface area (Å²) >= 11 is 0. The minimum atomic E-state index is -0.775. The Hall–Kier alpha value is -4.79. The molecule has 1 N–H and O–H groups in total. The van der Waals surface area contributed by atoms with Crippen LogP contribution >= 0.6 is 0 Å². The van der Waals surface area contributed by atoms with Crippen LogP contribution in [0, 0.1) is 0 Å². The molecule has 3 heterocycles. The van der Waals surface area contributed by atoms with Crippen LogP contribution in [0.4, 0.5) is 4.79 Å². The van der Waals surface area contributed by atoms with Gasteiger partial charge in [0.1, 0.15) is 22.8 Å². The van der Waals surface area contributed by atoms with E-state index < -0.39 is 17.8 Å². The van der Waals surface area contributed by atoms with Crippen LogP contribution in [0.25, 0.3) is 17.0 Å². The van der Waals surface area contributed by atoms with Gasteiger partial charge in [-0.1, -0.05) is 18.2 Å². The molecule has 0 atom stereocenters. The number of nitrogens with one attached hydrogen (secondary N) is 1. The van der Waals surface area contributed by atoms with Gasteiger partial charge in [-0.2, -0.15) is 0 Å². The molecule has 0 unspecified atom stereocenters. The molecule has 0 bridgehead atoms. The highest BCUT2D eigenvalue weighted by Gasteiger charge is 2.36. The number of imide groups is 2. The number of para-hydroxylation sites is 1. The minimum Gasteiger partial charge on any atom is -0.497 e. The number of nitrogens with zero attached hydrogens (tertiary/aromatic N) is 2. The summed E-state index contributed by atoms with van der Waals surface area (Å²) in [6, 6.07) is 17.7. The molecule has 5 rings (SSSR count). The largest absolute Gasteiger partial charge is 0.497 e. The maximum Gasteiger partial charge on any atom is 0.331 e. The van der Waals surface area contributed by atoms with E-state index in [1.165, 1.54) is 12.3 Å². The molecule has 9 heteroatoms. The zero-order chi connectivity index (χ0) is 25.8. The van der Waals surface area contributed by atoms with Crippen LogP contribution in [0.5, 0.6) is 11.5 Å². The molecule has 1 aliphatic rings. The fourth-order valence-corrected chi connectivity index (χ4v) is 4.22. The number of aromatic nitrogens is 1. The number of hydrogen-bond donors (Lipinski definition) is 1. The van der Waals surface area contributed by atoms with Gasteiger partial charge in [0.2, 0.25) is 0 Å². The fourth-order valence-electron chi connectivity index (χ4n) is 4.22. The Kier molecular flexibility index (Phi) is 6.76. The first kappa shape index (κ1) is 23.9. The predicted molar refractivity (Wildman–Crippen MR) is 136 cm³/mol. The van der Waals surface area contributed by atoms with Crippen molar-refractivity contribution in [2.24, 2.45) is 0 Å². The lowest BCUT2D eigenvalue weighted by atomic mass is 10.1. The number of carbonyl (C=O) groups is 3. The van der Waals surface area contributed by atoms with Crippen molar-refractivity contribution in [3.05, 3.63) is 90.0 Å². The number of rotatable bonds is 9. The molecule has 0 aliphatic carbocycles. The third-order valence-corrected chi connectivity index (χ3v) is 6.07. The number of urea groups is 1.